The zero-order chi connectivity index (χ0) is 12.6. The van der Waals surface area contributed by atoms with Crippen molar-refractivity contribution < 1.29 is 8.78 Å². The van der Waals surface area contributed by atoms with E-state index in [2.05, 4.69) is 10.2 Å². The van der Waals surface area contributed by atoms with E-state index in [0.29, 0.717) is 22.7 Å². The molecule has 0 aliphatic heterocycles. The third-order valence-corrected chi connectivity index (χ3v) is 2.72. The molecule has 4 nitrogen and oxygen atoms in total. The van der Waals surface area contributed by atoms with Gasteiger partial charge in [-0.2, -0.15) is 5.10 Å². The van der Waals surface area contributed by atoms with Gasteiger partial charge in [0.05, 0.1) is 0 Å². The van der Waals surface area contributed by atoms with Gasteiger partial charge in [0.15, 0.2) is 22.2 Å². The quantitative estimate of drug-likeness (QED) is 0.641. The Kier molecular flexibility index (Phi) is 2.93. The van der Waals surface area contributed by atoms with Gasteiger partial charge in [0.2, 0.25) is 0 Å². The minimum Gasteiger partial charge on any atom is -0.398 e. The van der Waals surface area contributed by atoms with Crippen LogP contribution in [0.4, 0.5) is 14.5 Å². The maximum Gasteiger partial charge on any atom is 0.195 e. The Morgan fingerprint density at radius 1 is 1.41 bits per heavy atom. The molecule has 2 rings (SSSR count). The van der Waals surface area contributed by atoms with Gasteiger partial charge in [-0.1, -0.05) is 0 Å². The summed E-state index contributed by atoms with van der Waals surface area (Å²) in [6, 6.07) is 1.95. The average molecular weight is 256 g/mol. The molecule has 3 N–H and O–H groups in total. The fourth-order valence-electron chi connectivity index (χ4n) is 1.57. The number of nitrogens with one attached hydrogen (secondary N) is 1. The van der Waals surface area contributed by atoms with Gasteiger partial charge < -0.3 is 10.3 Å². The molecule has 0 saturated heterocycles. The topological polar surface area (TPSA) is 59.6 Å². The van der Waals surface area contributed by atoms with Crippen LogP contribution in [0.25, 0.3) is 11.4 Å². The van der Waals surface area contributed by atoms with Gasteiger partial charge in [0.1, 0.15) is 0 Å². The normalized spacial score (nSPS) is 10.8. The Hall–Kier alpha value is -1.76. The van der Waals surface area contributed by atoms with E-state index in [9.17, 15) is 8.78 Å². The highest BCUT2D eigenvalue weighted by atomic mass is 32.1. The molecule has 0 atom stereocenters. The van der Waals surface area contributed by atoms with Gasteiger partial charge in [0.25, 0.3) is 0 Å². The van der Waals surface area contributed by atoms with Gasteiger partial charge in [0, 0.05) is 23.9 Å². The predicted molar refractivity (Wildman–Crippen MR) is 62.9 cm³/mol. The number of nitrogens with two attached hydrogens (primary N) is 1. The van der Waals surface area contributed by atoms with Gasteiger partial charge in [-0.25, -0.2) is 8.78 Å². The smallest absolute Gasteiger partial charge is 0.195 e. The van der Waals surface area contributed by atoms with Crippen LogP contribution in [0.2, 0.25) is 0 Å². The Labute approximate surface area is 101 Å². The van der Waals surface area contributed by atoms with Gasteiger partial charge in [-0.15, -0.1) is 0 Å². The monoisotopic (exact) mass is 256 g/mol. The highest BCUT2D eigenvalue weighted by Crippen LogP contribution is 2.26. The zero-order valence-corrected chi connectivity index (χ0v) is 9.81. The number of hydrogen-bond donors (Lipinski definition) is 2. The first-order valence-corrected chi connectivity index (χ1v) is 5.35. The molecule has 2 aromatic rings. The molecule has 0 saturated carbocycles. The van der Waals surface area contributed by atoms with Crippen LogP contribution in [0.1, 0.15) is 6.92 Å². The molecular formula is C10H10F2N4S. The van der Waals surface area contributed by atoms with Crippen molar-refractivity contribution in [1.82, 2.24) is 14.8 Å². The van der Waals surface area contributed by atoms with Crippen molar-refractivity contribution in [2.75, 3.05) is 5.73 Å². The minimum absolute atomic E-state index is 0.118. The number of nitrogens with zero attached hydrogens (tertiary/aromatic N) is 2. The van der Waals surface area contributed by atoms with E-state index in [1.165, 1.54) is 0 Å². The van der Waals surface area contributed by atoms with Gasteiger partial charge in [-0.3, -0.25) is 5.10 Å². The predicted octanol–water partition coefficient (Wildman–Crippen LogP) is 2.49. The standard InChI is InChI=1S/C10H10F2N4S/c1-2-16-9(14-15-10(16)17)5-3-6(11)7(12)4-8(5)13/h3-4H,2,13H2,1H3,(H,15,17). The van der Waals surface area contributed by atoms with E-state index in [0.717, 1.165) is 12.1 Å². The van der Waals surface area contributed by atoms with Crippen LogP contribution in [0, 0.1) is 16.4 Å². The van der Waals surface area contributed by atoms with Crippen LogP contribution in [0.3, 0.4) is 0 Å². The maximum atomic E-state index is 13.2. The fraction of sp³-hybridized carbons (Fsp3) is 0.200. The highest BCUT2D eigenvalue weighted by Gasteiger charge is 2.14. The average Bonchev–Trinajstić information content (AvgIpc) is 2.64. The number of nitrogen functional groups attached to an aromatic ring is 1. The molecule has 0 fully saturated rings. The second-order valence-electron chi connectivity index (χ2n) is 3.45. The van der Waals surface area contributed by atoms with Gasteiger partial charge in [-0.05, 0) is 25.2 Å². The second kappa shape index (κ2) is 4.25. The SMILES string of the molecule is CCn1c(-c2cc(F)c(F)cc2N)n[nH]c1=S. The van der Waals surface area contributed by atoms with Crippen molar-refractivity contribution in [2.45, 2.75) is 13.5 Å². The van der Waals surface area contributed by atoms with Crippen LogP contribution >= 0.6 is 12.2 Å². The summed E-state index contributed by atoms with van der Waals surface area (Å²) in [5.41, 5.74) is 6.08. The second-order valence-corrected chi connectivity index (χ2v) is 3.84. The van der Waals surface area contributed by atoms with E-state index in [4.69, 9.17) is 18.0 Å². The third kappa shape index (κ3) is 1.93. The van der Waals surface area contributed by atoms with Crippen molar-refractivity contribution in [1.29, 1.82) is 0 Å². The lowest BCUT2D eigenvalue weighted by atomic mass is 10.1. The van der Waals surface area contributed by atoms with Crippen LogP contribution in [0.5, 0.6) is 0 Å². The zero-order valence-electron chi connectivity index (χ0n) is 9.00. The molecule has 0 aliphatic carbocycles. The molecule has 90 valence electrons. The number of H-pyrrole nitrogens is 1. The van der Waals surface area contributed by atoms with Crippen LogP contribution in [-0.4, -0.2) is 14.8 Å². The Morgan fingerprint density at radius 3 is 2.71 bits per heavy atom. The summed E-state index contributed by atoms with van der Waals surface area (Å²) in [6.07, 6.45) is 0. The number of rotatable bonds is 2. The summed E-state index contributed by atoms with van der Waals surface area (Å²) in [5.74, 6) is -1.55. The first-order chi connectivity index (χ1) is 8.04. The van der Waals surface area contributed by atoms with Gasteiger partial charge >= 0.3 is 0 Å². The summed E-state index contributed by atoms with van der Waals surface area (Å²) >= 11 is 5.01. The lowest BCUT2D eigenvalue weighted by molar-refractivity contribution is 0.509. The molecule has 7 heteroatoms. The Morgan fingerprint density at radius 2 is 2.06 bits per heavy atom. The Bertz CT molecular complexity index is 617. The molecule has 17 heavy (non-hydrogen) atoms. The molecule has 0 spiro atoms. The summed E-state index contributed by atoms with van der Waals surface area (Å²) in [7, 11) is 0. The van der Waals surface area contributed by atoms with Crippen LogP contribution in [0.15, 0.2) is 12.1 Å². The van der Waals surface area contributed by atoms with Crippen molar-refractivity contribution in [3.05, 3.63) is 28.5 Å². The molecule has 1 heterocycles. The third-order valence-electron chi connectivity index (χ3n) is 2.41. The number of halogens is 2. The minimum atomic E-state index is -0.983. The van der Waals surface area contributed by atoms with Crippen molar-refractivity contribution in [2.24, 2.45) is 0 Å². The molecule has 0 aliphatic rings. The summed E-state index contributed by atoms with van der Waals surface area (Å²) in [4.78, 5) is 0. The molecular weight excluding hydrogens is 246 g/mol. The lowest BCUT2D eigenvalue weighted by Gasteiger charge is -2.07. The first-order valence-electron chi connectivity index (χ1n) is 4.94. The summed E-state index contributed by atoms with van der Waals surface area (Å²) < 4.78 is 28.2. The number of benzene rings is 1. The lowest BCUT2D eigenvalue weighted by Crippen LogP contribution is -2.02. The largest absolute Gasteiger partial charge is 0.398 e. The molecule has 0 bridgehead atoms. The molecule has 0 radical (unpaired) electrons. The molecule has 1 aromatic carbocycles. The molecule has 0 amide bonds. The fourth-order valence-corrected chi connectivity index (χ4v) is 1.83. The number of aromatic nitrogens is 3. The van der Waals surface area contributed by atoms with Crippen LogP contribution < -0.4 is 5.73 Å². The van der Waals surface area contributed by atoms with Crippen molar-refractivity contribution in [3.63, 3.8) is 0 Å². The van der Waals surface area contributed by atoms with Crippen LogP contribution in [-0.2, 0) is 6.54 Å². The van der Waals surface area contributed by atoms with Crippen molar-refractivity contribution in [3.8, 4) is 11.4 Å². The Balaban J connectivity index is 2.68. The molecule has 1 aromatic heterocycles. The number of anilines is 1. The van der Waals surface area contributed by atoms with E-state index in [1.54, 1.807) is 4.57 Å². The molecule has 0 unspecified atom stereocenters. The van der Waals surface area contributed by atoms with E-state index < -0.39 is 11.6 Å². The number of hydrogen-bond acceptors (Lipinski definition) is 3. The highest BCUT2D eigenvalue weighted by molar-refractivity contribution is 7.71. The number of aromatic amines is 1. The van der Waals surface area contributed by atoms with Crippen molar-refractivity contribution >= 4 is 17.9 Å². The van der Waals surface area contributed by atoms with E-state index in [-0.39, 0.29) is 5.69 Å². The van der Waals surface area contributed by atoms with E-state index >= 15 is 0 Å². The maximum absolute atomic E-state index is 13.2. The first kappa shape index (κ1) is 11.7. The summed E-state index contributed by atoms with van der Waals surface area (Å²) in [5, 5.41) is 6.56. The van der Waals surface area contributed by atoms with E-state index in [1.807, 2.05) is 6.92 Å². The summed E-state index contributed by atoms with van der Waals surface area (Å²) in [6.45, 7) is 2.42.